The lowest BCUT2D eigenvalue weighted by Gasteiger charge is -2.13. The summed E-state index contributed by atoms with van der Waals surface area (Å²) in [6.45, 7) is 4.40. The number of rotatable bonds is 8. The molecule has 29 heavy (non-hydrogen) atoms. The van der Waals surface area contributed by atoms with Crippen LogP contribution >= 0.6 is 11.8 Å². The van der Waals surface area contributed by atoms with Crippen molar-refractivity contribution in [1.82, 2.24) is 9.97 Å². The van der Waals surface area contributed by atoms with Gasteiger partial charge in [-0.05, 0) is 48.7 Å². The molecule has 3 aromatic rings. The maximum atomic E-state index is 9.88. The second-order valence-electron chi connectivity index (χ2n) is 6.94. The van der Waals surface area contributed by atoms with Crippen molar-refractivity contribution in [2.45, 2.75) is 25.4 Å². The van der Waals surface area contributed by atoms with Crippen molar-refractivity contribution in [3.63, 3.8) is 0 Å². The fourth-order valence-corrected chi connectivity index (χ4v) is 3.79. The van der Waals surface area contributed by atoms with Crippen LogP contribution in [0.3, 0.4) is 0 Å². The normalized spacial score (nSPS) is 10.6. The summed E-state index contributed by atoms with van der Waals surface area (Å²) >= 11 is 1.61. The van der Waals surface area contributed by atoms with Gasteiger partial charge in [0, 0.05) is 17.0 Å². The molecule has 0 radical (unpaired) electrons. The van der Waals surface area contributed by atoms with Gasteiger partial charge in [-0.3, -0.25) is 0 Å². The summed E-state index contributed by atoms with van der Waals surface area (Å²) in [4.78, 5) is 9.37. The Hall–Kier alpha value is -3.04. The van der Waals surface area contributed by atoms with Crippen LogP contribution in [0.5, 0.6) is 5.75 Å². The molecular formula is C23H24N4OS. The van der Waals surface area contributed by atoms with Gasteiger partial charge in [0.05, 0.1) is 12.8 Å². The third kappa shape index (κ3) is 5.49. The average molecular weight is 405 g/mol. The van der Waals surface area contributed by atoms with E-state index in [4.69, 9.17) is 9.72 Å². The minimum atomic E-state index is 0.423. The molecule has 0 unspecified atom stereocenters. The first kappa shape index (κ1) is 20.7. The molecular weight excluding hydrogens is 380 g/mol. The van der Waals surface area contributed by atoms with Crippen molar-refractivity contribution in [3.05, 3.63) is 60.2 Å². The van der Waals surface area contributed by atoms with Crippen LogP contribution in [0, 0.1) is 17.2 Å². The minimum Gasteiger partial charge on any atom is -0.497 e. The number of thioether (sulfide) groups is 1. The first-order valence-corrected chi connectivity index (χ1v) is 10.5. The number of aromatic nitrogens is 2. The predicted molar refractivity (Wildman–Crippen MR) is 119 cm³/mol. The van der Waals surface area contributed by atoms with Crippen LogP contribution in [0.2, 0.25) is 0 Å². The monoisotopic (exact) mass is 404 g/mol. The Labute approximate surface area is 176 Å². The van der Waals surface area contributed by atoms with Crippen LogP contribution in [0.4, 0.5) is 11.5 Å². The van der Waals surface area contributed by atoms with Gasteiger partial charge in [-0.25, -0.2) is 9.97 Å². The summed E-state index contributed by atoms with van der Waals surface area (Å²) in [5, 5.41) is 13.8. The standard InChI is InChI=1S/C23H24N4OS/c1-16(2)13-14-29-23-26-21(17-9-11-19(28-3)12-10-17)20(15-24)22(27-23)25-18-7-5-4-6-8-18/h4-12,16H,13-14H2,1-3H3,(H,25,26,27). The van der Waals surface area contributed by atoms with E-state index in [1.165, 1.54) is 0 Å². The molecule has 0 atom stereocenters. The number of methoxy groups -OCH3 is 1. The highest BCUT2D eigenvalue weighted by Gasteiger charge is 2.17. The van der Waals surface area contributed by atoms with E-state index in [1.54, 1.807) is 18.9 Å². The number of ether oxygens (including phenoxy) is 1. The van der Waals surface area contributed by atoms with Gasteiger partial charge in [-0.15, -0.1) is 0 Å². The molecule has 0 aliphatic rings. The number of nitriles is 1. The van der Waals surface area contributed by atoms with E-state index >= 15 is 0 Å². The topological polar surface area (TPSA) is 70.8 Å². The van der Waals surface area contributed by atoms with Gasteiger partial charge >= 0.3 is 0 Å². The molecule has 1 aromatic heterocycles. The third-order valence-corrected chi connectivity index (χ3v) is 5.21. The highest BCUT2D eigenvalue weighted by molar-refractivity contribution is 7.99. The highest BCUT2D eigenvalue weighted by Crippen LogP contribution is 2.31. The number of nitrogens with zero attached hydrogens (tertiary/aromatic N) is 3. The molecule has 0 aliphatic carbocycles. The van der Waals surface area contributed by atoms with Crippen LogP contribution < -0.4 is 10.1 Å². The Morgan fingerprint density at radius 2 is 1.79 bits per heavy atom. The van der Waals surface area contributed by atoms with E-state index < -0.39 is 0 Å². The quantitative estimate of drug-likeness (QED) is 0.372. The molecule has 0 aliphatic heterocycles. The Bertz CT molecular complexity index is 982. The maximum absolute atomic E-state index is 9.88. The van der Waals surface area contributed by atoms with Gasteiger partial charge in [0.25, 0.3) is 0 Å². The Balaban J connectivity index is 2.03. The van der Waals surface area contributed by atoms with Gasteiger partial charge in [0.1, 0.15) is 17.4 Å². The molecule has 0 amide bonds. The smallest absolute Gasteiger partial charge is 0.190 e. The summed E-state index contributed by atoms with van der Waals surface area (Å²) in [6, 6.07) is 19.6. The summed E-state index contributed by atoms with van der Waals surface area (Å²) in [5.41, 5.74) is 2.77. The number of hydrogen-bond donors (Lipinski definition) is 1. The summed E-state index contributed by atoms with van der Waals surface area (Å²) in [7, 11) is 1.63. The number of nitrogens with one attached hydrogen (secondary N) is 1. The van der Waals surface area contributed by atoms with Crippen LogP contribution in [-0.2, 0) is 0 Å². The maximum Gasteiger partial charge on any atom is 0.190 e. The number of para-hydroxylation sites is 1. The van der Waals surface area contributed by atoms with Crippen LogP contribution in [-0.4, -0.2) is 22.8 Å². The van der Waals surface area contributed by atoms with Gasteiger partial charge < -0.3 is 10.1 Å². The molecule has 5 nitrogen and oxygen atoms in total. The zero-order valence-electron chi connectivity index (χ0n) is 16.8. The Kier molecular flexibility index (Phi) is 7.09. The molecule has 0 fully saturated rings. The molecule has 0 bridgehead atoms. The SMILES string of the molecule is COc1ccc(-c2nc(SCCC(C)C)nc(Nc3ccccc3)c2C#N)cc1. The zero-order valence-corrected chi connectivity index (χ0v) is 17.7. The van der Waals surface area contributed by atoms with Gasteiger partial charge in [-0.1, -0.05) is 43.8 Å². The van der Waals surface area contributed by atoms with E-state index in [1.807, 2.05) is 54.6 Å². The first-order valence-electron chi connectivity index (χ1n) is 9.52. The van der Waals surface area contributed by atoms with E-state index in [-0.39, 0.29) is 0 Å². The van der Waals surface area contributed by atoms with E-state index in [2.05, 4.69) is 30.2 Å². The number of hydrogen-bond acceptors (Lipinski definition) is 6. The molecule has 3 rings (SSSR count). The van der Waals surface area contributed by atoms with E-state index in [0.29, 0.717) is 28.1 Å². The predicted octanol–water partition coefficient (Wildman–Crippen LogP) is 5.91. The van der Waals surface area contributed by atoms with Crippen LogP contribution in [0.25, 0.3) is 11.3 Å². The van der Waals surface area contributed by atoms with E-state index in [0.717, 1.165) is 29.2 Å². The molecule has 148 valence electrons. The summed E-state index contributed by atoms with van der Waals surface area (Å²) in [6.07, 6.45) is 1.08. The van der Waals surface area contributed by atoms with Gasteiger partial charge in [-0.2, -0.15) is 5.26 Å². The van der Waals surface area contributed by atoms with Gasteiger partial charge in [0.15, 0.2) is 11.0 Å². The van der Waals surface area contributed by atoms with Crippen molar-refractivity contribution >= 4 is 23.3 Å². The fraction of sp³-hybridized carbons (Fsp3) is 0.261. The largest absolute Gasteiger partial charge is 0.497 e. The average Bonchev–Trinajstić information content (AvgIpc) is 2.74. The Morgan fingerprint density at radius 1 is 1.07 bits per heavy atom. The van der Waals surface area contributed by atoms with Crippen molar-refractivity contribution in [1.29, 1.82) is 5.26 Å². The van der Waals surface area contributed by atoms with Crippen LogP contribution in [0.1, 0.15) is 25.8 Å². The molecule has 0 saturated carbocycles. The lowest BCUT2D eigenvalue weighted by atomic mass is 10.1. The molecule has 1 heterocycles. The van der Waals surface area contributed by atoms with Crippen molar-refractivity contribution in [2.24, 2.45) is 5.92 Å². The molecule has 1 N–H and O–H groups in total. The van der Waals surface area contributed by atoms with Gasteiger partial charge in [0.2, 0.25) is 0 Å². The molecule has 6 heteroatoms. The van der Waals surface area contributed by atoms with Crippen molar-refractivity contribution in [3.8, 4) is 23.1 Å². The first-order chi connectivity index (χ1) is 14.1. The lowest BCUT2D eigenvalue weighted by molar-refractivity contribution is 0.415. The lowest BCUT2D eigenvalue weighted by Crippen LogP contribution is -2.04. The second kappa shape index (κ2) is 9.94. The molecule has 0 saturated heterocycles. The van der Waals surface area contributed by atoms with Crippen LogP contribution in [0.15, 0.2) is 59.8 Å². The third-order valence-electron chi connectivity index (χ3n) is 4.33. The summed E-state index contributed by atoms with van der Waals surface area (Å²) < 4.78 is 5.25. The van der Waals surface area contributed by atoms with E-state index in [9.17, 15) is 5.26 Å². The number of benzene rings is 2. The van der Waals surface area contributed by atoms with Crippen molar-refractivity contribution < 1.29 is 4.74 Å². The zero-order chi connectivity index (χ0) is 20.6. The minimum absolute atomic E-state index is 0.423. The molecule has 0 spiro atoms. The summed E-state index contributed by atoms with van der Waals surface area (Å²) in [5.74, 6) is 2.82. The number of anilines is 2. The highest BCUT2D eigenvalue weighted by atomic mass is 32.2. The Morgan fingerprint density at radius 3 is 2.41 bits per heavy atom. The van der Waals surface area contributed by atoms with Crippen molar-refractivity contribution in [2.75, 3.05) is 18.2 Å². The molecule has 2 aromatic carbocycles. The fourth-order valence-electron chi connectivity index (χ4n) is 2.70. The second-order valence-corrected chi connectivity index (χ2v) is 8.00.